The van der Waals surface area contributed by atoms with Crippen molar-refractivity contribution in [3.63, 3.8) is 0 Å². The molecule has 0 fully saturated rings. The zero-order chi connectivity index (χ0) is 13.1. The number of para-hydroxylation sites is 1. The second kappa shape index (κ2) is 5.40. The van der Waals surface area contributed by atoms with Crippen molar-refractivity contribution in [2.45, 2.75) is 20.4 Å². The van der Waals surface area contributed by atoms with Gasteiger partial charge in [-0.25, -0.2) is 4.39 Å². The highest BCUT2D eigenvalue weighted by atomic mass is 35.5. The summed E-state index contributed by atoms with van der Waals surface area (Å²) in [6.07, 6.45) is 0. The van der Waals surface area contributed by atoms with Crippen LogP contribution < -0.4 is 5.32 Å². The van der Waals surface area contributed by atoms with Crippen molar-refractivity contribution in [1.29, 1.82) is 0 Å². The lowest BCUT2D eigenvalue weighted by atomic mass is 10.1. The SMILES string of the molecule is Cc1cccc(C)c1NCc1ccc(F)cc1Cl. The van der Waals surface area contributed by atoms with E-state index in [1.165, 1.54) is 23.3 Å². The van der Waals surface area contributed by atoms with Crippen LogP contribution in [0.1, 0.15) is 16.7 Å². The Kier molecular flexibility index (Phi) is 3.87. The third-order valence-electron chi connectivity index (χ3n) is 2.95. The molecule has 0 radical (unpaired) electrons. The molecule has 0 heterocycles. The molecule has 2 aromatic carbocycles. The molecule has 0 saturated carbocycles. The van der Waals surface area contributed by atoms with Gasteiger partial charge in [0.05, 0.1) is 0 Å². The quantitative estimate of drug-likeness (QED) is 0.846. The molecule has 18 heavy (non-hydrogen) atoms. The number of benzene rings is 2. The number of anilines is 1. The molecule has 0 aliphatic carbocycles. The summed E-state index contributed by atoms with van der Waals surface area (Å²) >= 11 is 6.00. The van der Waals surface area contributed by atoms with Crippen molar-refractivity contribution in [3.8, 4) is 0 Å². The van der Waals surface area contributed by atoms with Gasteiger partial charge in [-0.05, 0) is 42.7 Å². The first-order valence-electron chi connectivity index (χ1n) is 5.82. The highest BCUT2D eigenvalue weighted by Crippen LogP contribution is 2.22. The van der Waals surface area contributed by atoms with E-state index in [0.29, 0.717) is 11.6 Å². The molecular weight excluding hydrogens is 249 g/mol. The van der Waals surface area contributed by atoms with E-state index in [0.717, 1.165) is 11.3 Å². The van der Waals surface area contributed by atoms with Crippen LogP contribution in [-0.2, 0) is 6.54 Å². The minimum absolute atomic E-state index is 0.309. The van der Waals surface area contributed by atoms with Crippen LogP contribution in [-0.4, -0.2) is 0 Å². The molecule has 2 rings (SSSR count). The molecule has 0 saturated heterocycles. The molecule has 1 N–H and O–H groups in total. The topological polar surface area (TPSA) is 12.0 Å². The molecule has 1 nitrogen and oxygen atoms in total. The Morgan fingerprint density at radius 2 is 1.78 bits per heavy atom. The maximum absolute atomic E-state index is 12.9. The number of nitrogens with one attached hydrogen (secondary N) is 1. The summed E-state index contributed by atoms with van der Waals surface area (Å²) in [5.41, 5.74) is 4.38. The van der Waals surface area contributed by atoms with Gasteiger partial charge in [0.2, 0.25) is 0 Å². The van der Waals surface area contributed by atoms with Gasteiger partial charge in [-0.2, -0.15) is 0 Å². The van der Waals surface area contributed by atoms with E-state index in [-0.39, 0.29) is 5.82 Å². The molecular formula is C15H15ClFN. The lowest BCUT2D eigenvalue weighted by Gasteiger charge is -2.13. The minimum Gasteiger partial charge on any atom is -0.380 e. The normalized spacial score (nSPS) is 10.4. The molecule has 0 aromatic heterocycles. The minimum atomic E-state index is -0.309. The highest BCUT2D eigenvalue weighted by Gasteiger charge is 2.04. The van der Waals surface area contributed by atoms with Crippen molar-refractivity contribution < 1.29 is 4.39 Å². The van der Waals surface area contributed by atoms with Gasteiger partial charge in [0, 0.05) is 17.3 Å². The zero-order valence-electron chi connectivity index (χ0n) is 10.4. The number of rotatable bonds is 3. The van der Waals surface area contributed by atoms with Crippen LogP contribution >= 0.6 is 11.6 Å². The van der Waals surface area contributed by atoms with Crippen LogP contribution in [0.3, 0.4) is 0 Å². The van der Waals surface area contributed by atoms with Gasteiger partial charge in [-0.3, -0.25) is 0 Å². The maximum atomic E-state index is 12.9. The summed E-state index contributed by atoms with van der Waals surface area (Å²) in [5.74, 6) is -0.309. The molecule has 0 bridgehead atoms. The lowest BCUT2D eigenvalue weighted by molar-refractivity contribution is 0.627. The van der Waals surface area contributed by atoms with E-state index in [1.807, 2.05) is 6.07 Å². The highest BCUT2D eigenvalue weighted by molar-refractivity contribution is 6.31. The van der Waals surface area contributed by atoms with Crippen LogP contribution in [0.5, 0.6) is 0 Å². The molecule has 0 aliphatic heterocycles. The van der Waals surface area contributed by atoms with Crippen molar-refractivity contribution in [2.24, 2.45) is 0 Å². The average molecular weight is 264 g/mol. The molecule has 0 spiro atoms. The molecule has 0 unspecified atom stereocenters. The summed E-state index contributed by atoms with van der Waals surface area (Å²) in [5, 5.41) is 3.80. The van der Waals surface area contributed by atoms with Gasteiger partial charge in [-0.1, -0.05) is 35.9 Å². The smallest absolute Gasteiger partial charge is 0.124 e. The van der Waals surface area contributed by atoms with Crippen LogP contribution in [0, 0.1) is 19.7 Å². The van der Waals surface area contributed by atoms with E-state index < -0.39 is 0 Å². The Bertz CT molecular complexity index is 546. The lowest BCUT2D eigenvalue weighted by Crippen LogP contribution is -2.03. The zero-order valence-corrected chi connectivity index (χ0v) is 11.2. The van der Waals surface area contributed by atoms with Gasteiger partial charge in [-0.15, -0.1) is 0 Å². The maximum Gasteiger partial charge on any atom is 0.124 e. The fraction of sp³-hybridized carbons (Fsp3) is 0.200. The fourth-order valence-corrected chi connectivity index (χ4v) is 2.18. The molecule has 94 valence electrons. The van der Waals surface area contributed by atoms with E-state index >= 15 is 0 Å². The fourth-order valence-electron chi connectivity index (χ4n) is 1.94. The van der Waals surface area contributed by atoms with Crippen molar-refractivity contribution in [2.75, 3.05) is 5.32 Å². The summed E-state index contributed by atoms with van der Waals surface area (Å²) in [6, 6.07) is 10.6. The first kappa shape index (κ1) is 12.9. The molecule has 0 amide bonds. The van der Waals surface area contributed by atoms with Gasteiger partial charge >= 0.3 is 0 Å². The second-order valence-corrected chi connectivity index (χ2v) is 4.76. The predicted molar refractivity (Wildman–Crippen MR) is 74.7 cm³/mol. The van der Waals surface area contributed by atoms with Crippen molar-refractivity contribution in [3.05, 3.63) is 63.9 Å². The molecule has 0 atom stereocenters. The number of hydrogen-bond donors (Lipinski definition) is 1. The number of hydrogen-bond acceptors (Lipinski definition) is 1. The standard InChI is InChI=1S/C15H15ClFN/c1-10-4-3-5-11(2)15(10)18-9-12-6-7-13(17)8-14(12)16/h3-8,18H,9H2,1-2H3. The molecule has 2 aromatic rings. The van der Waals surface area contributed by atoms with E-state index in [1.54, 1.807) is 6.07 Å². The van der Waals surface area contributed by atoms with Crippen LogP contribution in [0.4, 0.5) is 10.1 Å². The van der Waals surface area contributed by atoms with E-state index in [2.05, 4.69) is 31.3 Å². The van der Waals surface area contributed by atoms with Crippen molar-refractivity contribution >= 4 is 17.3 Å². The Hall–Kier alpha value is -1.54. The summed E-state index contributed by atoms with van der Waals surface area (Å²) in [4.78, 5) is 0. The van der Waals surface area contributed by atoms with Gasteiger partial charge in [0.1, 0.15) is 5.82 Å². The van der Waals surface area contributed by atoms with Crippen LogP contribution in [0.2, 0.25) is 5.02 Å². The largest absolute Gasteiger partial charge is 0.380 e. The second-order valence-electron chi connectivity index (χ2n) is 4.36. The number of halogens is 2. The van der Waals surface area contributed by atoms with Gasteiger partial charge in [0.15, 0.2) is 0 Å². The van der Waals surface area contributed by atoms with Gasteiger partial charge in [0.25, 0.3) is 0 Å². The average Bonchev–Trinajstić information content (AvgIpc) is 2.31. The first-order chi connectivity index (χ1) is 8.58. The third-order valence-corrected chi connectivity index (χ3v) is 3.30. The predicted octanol–water partition coefficient (Wildman–Crippen LogP) is 4.71. The first-order valence-corrected chi connectivity index (χ1v) is 6.20. The van der Waals surface area contributed by atoms with Crippen LogP contribution in [0.25, 0.3) is 0 Å². The van der Waals surface area contributed by atoms with E-state index in [4.69, 9.17) is 11.6 Å². The summed E-state index contributed by atoms with van der Waals surface area (Å²) in [6.45, 7) is 4.70. The third kappa shape index (κ3) is 2.82. The van der Waals surface area contributed by atoms with Gasteiger partial charge < -0.3 is 5.32 Å². The Morgan fingerprint density at radius 3 is 2.39 bits per heavy atom. The molecule has 3 heteroatoms. The molecule has 0 aliphatic rings. The van der Waals surface area contributed by atoms with E-state index in [9.17, 15) is 4.39 Å². The number of aryl methyl sites for hydroxylation is 2. The Labute approximate surface area is 112 Å². The summed E-state index contributed by atoms with van der Waals surface area (Å²) in [7, 11) is 0. The monoisotopic (exact) mass is 263 g/mol. The summed E-state index contributed by atoms with van der Waals surface area (Å²) < 4.78 is 12.9. The van der Waals surface area contributed by atoms with Crippen LogP contribution in [0.15, 0.2) is 36.4 Å². The van der Waals surface area contributed by atoms with Crippen molar-refractivity contribution in [1.82, 2.24) is 0 Å². The Balaban J connectivity index is 2.16. The Morgan fingerprint density at radius 1 is 1.11 bits per heavy atom.